The molecule has 0 unspecified atom stereocenters. The maximum absolute atomic E-state index is 12.9. The van der Waals surface area contributed by atoms with Crippen LogP contribution in [0.5, 0.6) is 0 Å². The molecule has 0 N–H and O–H groups in total. The highest BCUT2D eigenvalue weighted by Gasteiger charge is 2.09. The molecule has 18 heavy (non-hydrogen) atoms. The van der Waals surface area contributed by atoms with Crippen LogP contribution in [0.3, 0.4) is 0 Å². The van der Waals surface area contributed by atoms with E-state index in [1.165, 1.54) is 24.3 Å². The largest absolute Gasteiger partial charge is 0.461 e. The minimum atomic E-state index is -0.485. The summed E-state index contributed by atoms with van der Waals surface area (Å²) in [4.78, 5) is 13.6. The number of carbonyl (C=O) groups is 1. The molecule has 0 amide bonds. The zero-order valence-electron chi connectivity index (χ0n) is 10.9. The molecular formula is C13H19ClFNO2. The number of benzene rings is 1. The molecule has 5 heteroatoms. The van der Waals surface area contributed by atoms with Crippen LogP contribution in [-0.4, -0.2) is 37.1 Å². The van der Waals surface area contributed by atoms with Crippen LogP contribution in [-0.2, 0) is 4.74 Å². The molecular weight excluding hydrogens is 257 g/mol. The Morgan fingerprint density at radius 1 is 1.44 bits per heavy atom. The molecule has 0 saturated carbocycles. The van der Waals surface area contributed by atoms with Crippen molar-refractivity contribution in [2.24, 2.45) is 0 Å². The van der Waals surface area contributed by atoms with Gasteiger partial charge >= 0.3 is 5.97 Å². The van der Waals surface area contributed by atoms with Gasteiger partial charge in [-0.05, 0) is 39.1 Å². The molecule has 0 aliphatic carbocycles. The summed E-state index contributed by atoms with van der Waals surface area (Å²) >= 11 is 0. The van der Waals surface area contributed by atoms with Gasteiger partial charge in [-0.1, -0.05) is 6.07 Å². The zero-order chi connectivity index (χ0) is 12.8. The van der Waals surface area contributed by atoms with E-state index in [1.807, 2.05) is 7.05 Å². The van der Waals surface area contributed by atoms with E-state index in [2.05, 4.69) is 18.7 Å². The van der Waals surface area contributed by atoms with Gasteiger partial charge in [-0.3, -0.25) is 0 Å². The molecule has 0 aromatic heterocycles. The lowest BCUT2D eigenvalue weighted by atomic mass is 10.2. The molecule has 0 aliphatic rings. The Hall–Kier alpha value is -1.13. The lowest BCUT2D eigenvalue weighted by Gasteiger charge is -2.20. The highest BCUT2D eigenvalue weighted by molar-refractivity contribution is 5.89. The van der Waals surface area contributed by atoms with Crippen LogP contribution in [0.2, 0.25) is 0 Å². The van der Waals surface area contributed by atoms with E-state index >= 15 is 0 Å². The normalized spacial score (nSPS) is 10.3. The number of nitrogens with zero attached hydrogens (tertiary/aromatic N) is 1. The predicted molar refractivity (Wildman–Crippen MR) is 71.7 cm³/mol. The summed E-state index contributed by atoms with van der Waals surface area (Å²) in [6.07, 6.45) is 0. The van der Waals surface area contributed by atoms with Gasteiger partial charge in [0.25, 0.3) is 0 Å². The number of carbonyl (C=O) groups excluding carboxylic acids is 1. The maximum atomic E-state index is 12.9. The van der Waals surface area contributed by atoms with Crippen LogP contribution in [0.1, 0.15) is 24.2 Å². The fraction of sp³-hybridized carbons (Fsp3) is 0.462. The van der Waals surface area contributed by atoms with E-state index in [9.17, 15) is 9.18 Å². The van der Waals surface area contributed by atoms with Gasteiger partial charge in [0, 0.05) is 12.6 Å². The third-order valence-corrected chi connectivity index (χ3v) is 2.62. The van der Waals surface area contributed by atoms with Crippen LogP contribution < -0.4 is 0 Å². The van der Waals surface area contributed by atoms with Crippen molar-refractivity contribution in [1.29, 1.82) is 0 Å². The van der Waals surface area contributed by atoms with Crippen LogP contribution in [0, 0.1) is 5.82 Å². The van der Waals surface area contributed by atoms with Crippen molar-refractivity contribution in [2.75, 3.05) is 20.2 Å². The number of esters is 1. The quantitative estimate of drug-likeness (QED) is 0.774. The van der Waals surface area contributed by atoms with Crippen molar-refractivity contribution < 1.29 is 13.9 Å². The number of likely N-dealkylation sites (N-methyl/N-ethyl adjacent to an activating group) is 1. The molecule has 0 radical (unpaired) electrons. The molecule has 1 rings (SSSR count). The molecule has 102 valence electrons. The average molecular weight is 276 g/mol. The van der Waals surface area contributed by atoms with Gasteiger partial charge in [0.1, 0.15) is 12.4 Å². The summed E-state index contributed by atoms with van der Waals surface area (Å²) in [5.41, 5.74) is 0.247. The molecule has 1 aromatic rings. The summed E-state index contributed by atoms with van der Waals surface area (Å²) in [5, 5.41) is 0. The zero-order valence-corrected chi connectivity index (χ0v) is 11.7. The van der Waals surface area contributed by atoms with Crippen molar-refractivity contribution in [1.82, 2.24) is 4.90 Å². The van der Waals surface area contributed by atoms with Gasteiger partial charge < -0.3 is 9.64 Å². The summed E-state index contributed by atoms with van der Waals surface area (Å²) in [6.45, 7) is 5.10. The fourth-order valence-electron chi connectivity index (χ4n) is 1.24. The van der Waals surface area contributed by atoms with Gasteiger partial charge in [-0.15, -0.1) is 12.4 Å². The van der Waals surface area contributed by atoms with Gasteiger partial charge in [0.15, 0.2) is 0 Å². The van der Waals surface area contributed by atoms with E-state index in [0.29, 0.717) is 19.2 Å². The van der Waals surface area contributed by atoms with E-state index in [1.54, 1.807) is 0 Å². The van der Waals surface area contributed by atoms with Crippen molar-refractivity contribution in [3.63, 3.8) is 0 Å². The first kappa shape index (κ1) is 16.9. The summed E-state index contributed by atoms with van der Waals surface area (Å²) < 4.78 is 17.9. The monoisotopic (exact) mass is 275 g/mol. The van der Waals surface area contributed by atoms with Crippen molar-refractivity contribution in [3.8, 4) is 0 Å². The Bertz CT molecular complexity index is 385. The van der Waals surface area contributed by atoms with Crippen molar-refractivity contribution in [2.45, 2.75) is 19.9 Å². The number of hydrogen-bond acceptors (Lipinski definition) is 3. The standard InChI is InChI=1S/C13H18FNO2.ClH/c1-10(2)15(3)7-8-17-13(16)11-5-4-6-12(14)9-11;/h4-6,9-10H,7-8H2,1-3H3;1H. The topological polar surface area (TPSA) is 29.5 Å². The van der Waals surface area contributed by atoms with Crippen molar-refractivity contribution in [3.05, 3.63) is 35.6 Å². The highest BCUT2D eigenvalue weighted by atomic mass is 35.5. The highest BCUT2D eigenvalue weighted by Crippen LogP contribution is 2.05. The molecule has 0 saturated heterocycles. The lowest BCUT2D eigenvalue weighted by molar-refractivity contribution is 0.0460. The maximum Gasteiger partial charge on any atom is 0.338 e. The lowest BCUT2D eigenvalue weighted by Crippen LogP contribution is -2.30. The number of rotatable bonds is 5. The molecule has 0 spiro atoms. The summed E-state index contributed by atoms with van der Waals surface area (Å²) in [6, 6.07) is 5.91. The number of ether oxygens (including phenoxy) is 1. The van der Waals surface area contributed by atoms with E-state index in [4.69, 9.17) is 4.74 Å². The Kier molecular flexibility index (Phi) is 7.55. The SMILES string of the molecule is CC(C)N(C)CCOC(=O)c1cccc(F)c1.Cl. The third kappa shape index (κ3) is 5.47. The van der Waals surface area contributed by atoms with Gasteiger partial charge in [0.2, 0.25) is 0 Å². The van der Waals surface area contributed by atoms with E-state index < -0.39 is 11.8 Å². The Morgan fingerprint density at radius 2 is 2.11 bits per heavy atom. The first-order valence-corrected chi connectivity index (χ1v) is 5.63. The average Bonchev–Trinajstić information content (AvgIpc) is 2.28. The summed E-state index contributed by atoms with van der Waals surface area (Å²) in [7, 11) is 1.96. The van der Waals surface area contributed by atoms with Crippen LogP contribution in [0.25, 0.3) is 0 Å². The first-order chi connectivity index (χ1) is 8.00. The molecule has 0 aliphatic heterocycles. The number of hydrogen-bond donors (Lipinski definition) is 0. The predicted octanol–water partition coefficient (Wildman–Crippen LogP) is 2.74. The second-order valence-electron chi connectivity index (χ2n) is 4.22. The molecule has 3 nitrogen and oxygen atoms in total. The molecule has 0 bridgehead atoms. The van der Waals surface area contributed by atoms with Crippen LogP contribution in [0.4, 0.5) is 4.39 Å². The van der Waals surface area contributed by atoms with Crippen LogP contribution in [0.15, 0.2) is 24.3 Å². The summed E-state index contributed by atoms with van der Waals surface area (Å²) in [5.74, 6) is -0.916. The van der Waals surface area contributed by atoms with Gasteiger partial charge in [-0.25, -0.2) is 9.18 Å². The van der Waals surface area contributed by atoms with Gasteiger partial charge in [-0.2, -0.15) is 0 Å². The minimum Gasteiger partial charge on any atom is -0.461 e. The van der Waals surface area contributed by atoms with E-state index in [-0.39, 0.29) is 18.0 Å². The van der Waals surface area contributed by atoms with Crippen LogP contribution >= 0.6 is 12.4 Å². The van der Waals surface area contributed by atoms with Gasteiger partial charge in [0.05, 0.1) is 5.56 Å². The molecule has 1 aromatic carbocycles. The Balaban J connectivity index is 0.00000289. The second kappa shape index (κ2) is 8.06. The number of halogens is 2. The van der Waals surface area contributed by atoms with Crippen molar-refractivity contribution >= 4 is 18.4 Å². The molecule has 0 atom stereocenters. The Labute approximate surface area is 113 Å². The second-order valence-corrected chi connectivity index (χ2v) is 4.22. The third-order valence-electron chi connectivity index (χ3n) is 2.62. The fourth-order valence-corrected chi connectivity index (χ4v) is 1.24. The smallest absolute Gasteiger partial charge is 0.338 e. The molecule has 0 heterocycles. The molecule has 0 fully saturated rings. The first-order valence-electron chi connectivity index (χ1n) is 5.63. The Morgan fingerprint density at radius 3 is 2.67 bits per heavy atom. The minimum absolute atomic E-state index is 0. The van der Waals surface area contributed by atoms with E-state index in [0.717, 1.165) is 0 Å².